The molecule has 0 atom stereocenters. The topological polar surface area (TPSA) is 52.6 Å². The molecular formula is C14H21BrN2O2. The van der Waals surface area contributed by atoms with Crippen molar-refractivity contribution in [3.05, 3.63) is 28.2 Å². The monoisotopic (exact) mass is 328 g/mol. The molecule has 0 saturated carbocycles. The van der Waals surface area contributed by atoms with Crippen molar-refractivity contribution in [2.45, 2.75) is 20.3 Å². The van der Waals surface area contributed by atoms with Gasteiger partial charge >= 0.3 is 5.97 Å². The highest BCUT2D eigenvalue weighted by atomic mass is 79.9. The summed E-state index contributed by atoms with van der Waals surface area (Å²) in [7, 11) is 0. The van der Waals surface area contributed by atoms with Gasteiger partial charge in [-0.25, -0.2) is 4.79 Å². The summed E-state index contributed by atoms with van der Waals surface area (Å²) < 4.78 is 0.783. The number of nitrogens with one attached hydrogen (secondary N) is 1. The summed E-state index contributed by atoms with van der Waals surface area (Å²) >= 11 is 3.39. The molecule has 0 aromatic heterocycles. The van der Waals surface area contributed by atoms with E-state index in [1.54, 1.807) is 18.2 Å². The Labute approximate surface area is 122 Å². The van der Waals surface area contributed by atoms with Crippen molar-refractivity contribution in [3.63, 3.8) is 0 Å². The summed E-state index contributed by atoms with van der Waals surface area (Å²) in [6, 6.07) is 5.02. The molecule has 0 radical (unpaired) electrons. The predicted octanol–water partition coefficient (Wildman–Crippen LogP) is 3.29. The molecule has 1 aromatic rings. The summed E-state index contributed by atoms with van der Waals surface area (Å²) in [5, 5.41) is 12.2. The maximum absolute atomic E-state index is 10.8. The first kappa shape index (κ1) is 16.0. The fourth-order valence-electron chi connectivity index (χ4n) is 1.88. The lowest BCUT2D eigenvalue weighted by atomic mass is 10.2. The van der Waals surface area contributed by atoms with Crippen LogP contribution in [-0.2, 0) is 0 Å². The molecule has 4 nitrogen and oxygen atoms in total. The smallest absolute Gasteiger partial charge is 0.335 e. The van der Waals surface area contributed by atoms with Gasteiger partial charge in [0.2, 0.25) is 0 Å². The second-order valence-corrected chi connectivity index (χ2v) is 5.22. The lowest BCUT2D eigenvalue weighted by molar-refractivity contribution is 0.0697. The van der Waals surface area contributed by atoms with Crippen molar-refractivity contribution >= 4 is 27.6 Å². The minimum Gasteiger partial charge on any atom is -0.478 e. The van der Waals surface area contributed by atoms with Crippen molar-refractivity contribution in [2.75, 3.05) is 31.5 Å². The number of carboxylic acids is 1. The van der Waals surface area contributed by atoms with Crippen LogP contribution in [0.5, 0.6) is 0 Å². The summed E-state index contributed by atoms with van der Waals surface area (Å²) in [6.07, 6.45) is 1.16. The van der Waals surface area contributed by atoms with Crippen molar-refractivity contribution in [1.29, 1.82) is 0 Å². The average Bonchev–Trinajstić information content (AvgIpc) is 2.39. The second kappa shape index (κ2) is 8.17. The fraction of sp³-hybridized carbons (Fsp3) is 0.500. The minimum atomic E-state index is -0.910. The molecule has 0 fully saturated rings. The van der Waals surface area contributed by atoms with E-state index in [0.717, 1.165) is 42.8 Å². The number of nitrogens with zero attached hydrogens (tertiary/aromatic N) is 1. The molecule has 0 spiro atoms. The van der Waals surface area contributed by atoms with Crippen LogP contribution in [0.1, 0.15) is 30.6 Å². The van der Waals surface area contributed by atoms with E-state index in [-0.39, 0.29) is 0 Å². The van der Waals surface area contributed by atoms with Gasteiger partial charge in [0.1, 0.15) is 0 Å². The molecule has 0 aliphatic carbocycles. The SMILES string of the molecule is CCCN(CC)CCNc1ccc(C(=O)O)cc1Br. The number of benzene rings is 1. The van der Waals surface area contributed by atoms with Crippen LogP contribution < -0.4 is 5.32 Å². The van der Waals surface area contributed by atoms with E-state index < -0.39 is 5.97 Å². The van der Waals surface area contributed by atoms with Gasteiger partial charge in [0.15, 0.2) is 0 Å². The normalized spacial score (nSPS) is 10.7. The van der Waals surface area contributed by atoms with Crippen LogP contribution in [0.25, 0.3) is 0 Å². The average molecular weight is 329 g/mol. The Morgan fingerprint density at radius 3 is 2.63 bits per heavy atom. The summed E-state index contributed by atoms with van der Waals surface area (Å²) in [6.45, 7) is 8.33. The molecule has 1 aromatic carbocycles. The van der Waals surface area contributed by atoms with Crippen LogP contribution in [0.4, 0.5) is 5.69 Å². The van der Waals surface area contributed by atoms with E-state index in [0.29, 0.717) is 5.56 Å². The Morgan fingerprint density at radius 1 is 1.37 bits per heavy atom. The number of likely N-dealkylation sites (N-methyl/N-ethyl adjacent to an activating group) is 1. The Kier molecular flexibility index (Phi) is 6.87. The molecule has 0 saturated heterocycles. The van der Waals surface area contributed by atoms with E-state index in [1.807, 2.05) is 0 Å². The van der Waals surface area contributed by atoms with Crippen LogP contribution >= 0.6 is 15.9 Å². The fourth-order valence-corrected chi connectivity index (χ4v) is 2.40. The standard InChI is InChI=1S/C14H21BrN2O2/c1-3-8-17(4-2)9-7-16-13-6-5-11(14(18)19)10-12(13)15/h5-6,10,16H,3-4,7-9H2,1-2H3,(H,18,19). The number of anilines is 1. The van der Waals surface area contributed by atoms with E-state index in [4.69, 9.17) is 5.11 Å². The summed E-state index contributed by atoms with van der Waals surface area (Å²) in [4.78, 5) is 13.2. The summed E-state index contributed by atoms with van der Waals surface area (Å²) in [5.74, 6) is -0.910. The van der Waals surface area contributed by atoms with Gasteiger partial charge in [-0.1, -0.05) is 13.8 Å². The maximum Gasteiger partial charge on any atom is 0.335 e. The number of halogens is 1. The molecule has 0 amide bonds. The predicted molar refractivity (Wildman–Crippen MR) is 82.0 cm³/mol. The molecule has 0 bridgehead atoms. The quantitative estimate of drug-likeness (QED) is 0.768. The lowest BCUT2D eigenvalue weighted by Crippen LogP contribution is -2.29. The van der Waals surface area contributed by atoms with Crippen LogP contribution in [-0.4, -0.2) is 42.2 Å². The van der Waals surface area contributed by atoms with Crippen LogP contribution in [0.2, 0.25) is 0 Å². The van der Waals surface area contributed by atoms with Gasteiger partial charge in [-0.05, 0) is 53.6 Å². The highest BCUT2D eigenvalue weighted by Crippen LogP contribution is 2.23. The Morgan fingerprint density at radius 2 is 2.11 bits per heavy atom. The Bertz CT molecular complexity index is 424. The number of rotatable bonds is 8. The number of aromatic carboxylic acids is 1. The van der Waals surface area contributed by atoms with Gasteiger partial charge in [-0.3, -0.25) is 0 Å². The molecule has 0 aliphatic rings. The molecule has 106 valence electrons. The molecule has 0 unspecified atom stereocenters. The third kappa shape index (κ3) is 5.20. The Hall–Kier alpha value is -1.07. The van der Waals surface area contributed by atoms with Gasteiger partial charge in [0.05, 0.1) is 5.56 Å². The van der Waals surface area contributed by atoms with Crippen LogP contribution in [0.15, 0.2) is 22.7 Å². The maximum atomic E-state index is 10.8. The molecule has 1 rings (SSSR count). The molecule has 0 aliphatic heterocycles. The van der Waals surface area contributed by atoms with Crippen molar-refractivity contribution < 1.29 is 9.90 Å². The third-order valence-corrected chi connectivity index (χ3v) is 3.60. The number of hydrogen-bond acceptors (Lipinski definition) is 3. The summed E-state index contributed by atoms with van der Waals surface area (Å²) in [5.41, 5.74) is 1.22. The van der Waals surface area contributed by atoms with Gasteiger partial charge in [0, 0.05) is 23.2 Å². The van der Waals surface area contributed by atoms with Crippen molar-refractivity contribution in [2.24, 2.45) is 0 Å². The number of hydrogen-bond donors (Lipinski definition) is 2. The second-order valence-electron chi connectivity index (χ2n) is 4.36. The molecule has 2 N–H and O–H groups in total. The molecule has 19 heavy (non-hydrogen) atoms. The van der Waals surface area contributed by atoms with Gasteiger partial charge in [0.25, 0.3) is 0 Å². The van der Waals surface area contributed by atoms with Crippen molar-refractivity contribution in [3.8, 4) is 0 Å². The van der Waals surface area contributed by atoms with Gasteiger partial charge < -0.3 is 15.3 Å². The highest BCUT2D eigenvalue weighted by Gasteiger charge is 2.07. The van der Waals surface area contributed by atoms with E-state index in [1.165, 1.54) is 0 Å². The number of carboxylic acid groups (broad SMARTS) is 1. The Balaban J connectivity index is 2.51. The van der Waals surface area contributed by atoms with Crippen molar-refractivity contribution in [1.82, 2.24) is 4.90 Å². The third-order valence-electron chi connectivity index (χ3n) is 2.95. The molecule has 5 heteroatoms. The zero-order valence-electron chi connectivity index (χ0n) is 11.4. The largest absolute Gasteiger partial charge is 0.478 e. The van der Waals surface area contributed by atoms with E-state index >= 15 is 0 Å². The van der Waals surface area contributed by atoms with Gasteiger partial charge in [-0.15, -0.1) is 0 Å². The van der Waals surface area contributed by atoms with Crippen LogP contribution in [0, 0.1) is 0 Å². The zero-order chi connectivity index (χ0) is 14.3. The molecule has 0 heterocycles. The number of carbonyl (C=O) groups is 1. The first-order chi connectivity index (χ1) is 9.08. The first-order valence-electron chi connectivity index (χ1n) is 6.57. The molecular weight excluding hydrogens is 308 g/mol. The highest BCUT2D eigenvalue weighted by molar-refractivity contribution is 9.10. The van der Waals surface area contributed by atoms with E-state index in [2.05, 4.69) is 40.0 Å². The first-order valence-corrected chi connectivity index (χ1v) is 7.36. The van der Waals surface area contributed by atoms with Crippen LogP contribution in [0.3, 0.4) is 0 Å². The lowest BCUT2D eigenvalue weighted by Gasteiger charge is -2.20. The van der Waals surface area contributed by atoms with Gasteiger partial charge in [-0.2, -0.15) is 0 Å². The zero-order valence-corrected chi connectivity index (χ0v) is 13.0. The minimum absolute atomic E-state index is 0.290. The van der Waals surface area contributed by atoms with E-state index in [9.17, 15) is 4.79 Å².